The third-order valence-corrected chi connectivity index (χ3v) is 6.30. The van der Waals surface area contributed by atoms with Crippen molar-refractivity contribution in [1.29, 1.82) is 0 Å². The van der Waals surface area contributed by atoms with E-state index in [2.05, 4.69) is 34.5 Å². The number of carbonyl (C=O) groups is 2. The molecule has 6 nitrogen and oxygen atoms in total. The van der Waals surface area contributed by atoms with Crippen LogP contribution in [0.4, 0.5) is 0 Å². The minimum absolute atomic E-state index is 0.0205. The van der Waals surface area contributed by atoms with E-state index >= 15 is 0 Å². The maximum atomic E-state index is 12.8. The van der Waals surface area contributed by atoms with Gasteiger partial charge in [0.05, 0.1) is 13.0 Å². The summed E-state index contributed by atoms with van der Waals surface area (Å²) in [5, 5.41) is 3.20. The number of piperidine rings is 1. The number of hydrogen-bond acceptors (Lipinski definition) is 4. The number of methoxy groups -OCH3 is 1. The van der Waals surface area contributed by atoms with E-state index in [0.717, 1.165) is 43.8 Å². The second-order valence-electron chi connectivity index (χ2n) is 8.57. The minimum atomic E-state index is -0.256. The Labute approximate surface area is 184 Å². The average Bonchev–Trinajstić information content (AvgIpc) is 3.17. The molecular formula is C25H31N3O3. The van der Waals surface area contributed by atoms with Crippen molar-refractivity contribution < 1.29 is 14.3 Å². The van der Waals surface area contributed by atoms with Gasteiger partial charge >= 0.3 is 0 Å². The lowest BCUT2D eigenvalue weighted by atomic mass is 10.0. The first-order valence-electron chi connectivity index (χ1n) is 11.1. The Morgan fingerprint density at radius 1 is 1.00 bits per heavy atom. The number of benzene rings is 2. The van der Waals surface area contributed by atoms with Crippen LogP contribution < -0.4 is 10.1 Å². The van der Waals surface area contributed by atoms with Crippen molar-refractivity contribution in [2.24, 2.45) is 5.92 Å². The quantitative estimate of drug-likeness (QED) is 0.747. The average molecular weight is 422 g/mol. The number of likely N-dealkylation sites (tertiary alicyclic amines) is 2. The molecule has 31 heavy (non-hydrogen) atoms. The molecule has 0 aromatic heterocycles. The van der Waals surface area contributed by atoms with Crippen LogP contribution in [0.25, 0.3) is 0 Å². The second-order valence-corrected chi connectivity index (χ2v) is 8.57. The molecule has 2 amide bonds. The highest BCUT2D eigenvalue weighted by Gasteiger charge is 2.35. The summed E-state index contributed by atoms with van der Waals surface area (Å²) in [6.07, 6.45) is 2.21. The molecule has 2 aromatic carbocycles. The van der Waals surface area contributed by atoms with Crippen LogP contribution in [0, 0.1) is 5.92 Å². The van der Waals surface area contributed by atoms with E-state index in [1.54, 1.807) is 12.0 Å². The monoisotopic (exact) mass is 421 g/mol. The summed E-state index contributed by atoms with van der Waals surface area (Å²) < 4.78 is 5.18. The van der Waals surface area contributed by atoms with E-state index in [9.17, 15) is 9.59 Å². The zero-order chi connectivity index (χ0) is 21.6. The van der Waals surface area contributed by atoms with Gasteiger partial charge in [-0.3, -0.25) is 14.5 Å². The van der Waals surface area contributed by atoms with Crippen LogP contribution in [-0.2, 0) is 22.7 Å². The minimum Gasteiger partial charge on any atom is -0.497 e. The van der Waals surface area contributed by atoms with Gasteiger partial charge in [0, 0.05) is 45.2 Å². The molecule has 2 aromatic rings. The van der Waals surface area contributed by atoms with E-state index in [4.69, 9.17) is 4.74 Å². The van der Waals surface area contributed by atoms with Gasteiger partial charge in [-0.05, 0) is 36.1 Å². The highest BCUT2D eigenvalue weighted by molar-refractivity contribution is 5.89. The Kier molecular flexibility index (Phi) is 6.87. The first-order valence-corrected chi connectivity index (χ1v) is 11.1. The highest BCUT2D eigenvalue weighted by atomic mass is 16.5. The predicted octanol–water partition coefficient (Wildman–Crippen LogP) is 2.82. The molecule has 1 N–H and O–H groups in total. The topological polar surface area (TPSA) is 61.9 Å². The third kappa shape index (κ3) is 5.64. The van der Waals surface area contributed by atoms with Gasteiger partial charge in [-0.1, -0.05) is 42.5 Å². The molecule has 0 bridgehead atoms. The summed E-state index contributed by atoms with van der Waals surface area (Å²) >= 11 is 0. The molecule has 2 saturated heterocycles. The Morgan fingerprint density at radius 3 is 2.35 bits per heavy atom. The molecular weight excluding hydrogens is 390 g/mol. The SMILES string of the molecule is COc1ccc(CN2CC(C(=O)NC3CCN(Cc4ccccc4)CC3)CC2=O)cc1. The molecule has 1 atom stereocenters. The lowest BCUT2D eigenvalue weighted by Crippen LogP contribution is -2.46. The zero-order valence-electron chi connectivity index (χ0n) is 18.1. The molecule has 1 unspecified atom stereocenters. The van der Waals surface area contributed by atoms with Crippen LogP contribution >= 0.6 is 0 Å². The van der Waals surface area contributed by atoms with Crippen LogP contribution in [0.1, 0.15) is 30.4 Å². The lowest BCUT2D eigenvalue weighted by molar-refractivity contribution is -0.129. The number of hydrogen-bond donors (Lipinski definition) is 1. The fourth-order valence-electron chi connectivity index (χ4n) is 4.45. The smallest absolute Gasteiger partial charge is 0.225 e. The lowest BCUT2D eigenvalue weighted by Gasteiger charge is -2.32. The van der Waals surface area contributed by atoms with Crippen molar-refractivity contribution >= 4 is 11.8 Å². The van der Waals surface area contributed by atoms with Crippen molar-refractivity contribution in [3.05, 3.63) is 65.7 Å². The van der Waals surface area contributed by atoms with Crippen LogP contribution in [-0.4, -0.2) is 54.4 Å². The molecule has 164 valence electrons. The number of amides is 2. The summed E-state index contributed by atoms with van der Waals surface area (Å²) in [4.78, 5) is 29.5. The summed E-state index contributed by atoms with van der Waals surface area (Å²) in [6.45, 7) is 3.94. The number of carbonyl (C=O) groups excluding carboxylic acids is 2. The van der Waals surface area contributed by atoms with Gasteiger partial charge < -0.3 is 15.0 Å². The van der Waals surface area contributed by atoms with Gasteiger partial charge in [0.15, 0.2) is 0 Å². The maximum absolute atomic E-state index is 12.8. The predicted molar refractivity (Wildman–Crippen MR) is 119 cm³/mol. The van der Waals surface area contributed by atoms with Crippen LogP contribution in [0.3, 0.4) is 0 Å². The standard InChI is InChI=1S/C25H31N3O3/c1-31-23-9-7-20(8-10-23)17-28-18-21(15-24(28)29)25(30)26-22-11-13-27(14-12-22)16-19-5-3-2-4-6-19/h2-10,21-22H,11-18H2,1H3,(H,26,30). The summed E-state index contributed by atoms with van der Waals surface area (Å²) in [6, 6.07) is 18.4. The largest absolute Gasteiger partial charge is 0.497 e. The van der Waals surface area contributed by atoms with E-state index in [1.807, 2.05) is 30.3 Å². The van der Waals surface area contributed by atoms with Crippen molar-refractivity contribution in [1.82, 2.24) is 15.1 Å². The van der Waals surface area contributed by atoms with Crippen LogP contribution in [0.15, 0.2) is 54.6 Å². The molecule has 2 fully saturated rings. The molecule has 6 heteroatoms. The maximum Gasteiger partial charge on any atom is 0.225 e. The Bertz CT molecular complexity index is 877. The molecule has 2 heterocycles. The fraction of sp³-hybridized carbons (Fsp3) is 0.440. The number of ether oxygens (including phenoxy) is 1. The summed E-state index contributed by atoms with van der Waals surface area (Å²) in [5.41, 5.74) is 2.37. The van der Waals surface area contributed by atoms with E-state index in [0.29, 0.717) is 19.5 Å². The fourth-order valence-corrected chi connectivity index (χ4v) is 4.45. The van der Waals surface area contributed by atoms with Crippen molar-refractivity contribution in [3.63, 3.8) is 0 Å². The number of nitrogens with one attached hydrogen (secondary N) is 1. The van der Waals surface area contributed by atoms with Crippen molar-refractivity contribution in [3.8, 4) is 5.75 Å². The van der Waals surface area contributed by atoms with Crippen molar-refractivity contribution in [2.75, 3.05) is 26.7 Å². The summed E-state index contributed by atoms with van der Waals surface area (Å²) in [7, 11) is 1.63. The number of nitrogens with zero attached hydrogens (tertiary/aromatic N) is 2. The molecule has 0 spiro atoms. The normalized spacial score (nSPS) is 20.1. The Hall–Kier alpha value is -2.86. The van der Waals surface area contributed by atoms with Gasteiger partial charge in [0.1, 0.15) is 5.75 Å². The van der Waals surface area contributed by atoms with Crippen molar-refractivity contribution in [2.45, 2.75) is 38.4 Å². The number of rotatable bonds is 7. The van der Waals surface area contributed by atoms with Gasteiger partial charge in [-0.25, -0.2) is 0 Å². The Balaban J connectivity index is 1.22. The zero-order valence-corrected chi connectivity index (χ0v) is 18.1. The molecule has 0 saturated carbocycles. The van der Waals surface area contributed by atoms with E-state index in [1.165, 1.54) is 5.56 Å². The highest BCUT2D eigenvalue weighted by Crippen LogP contribution is 2.22. The van der Waals surface area contributed by atoms with Gasteiger partial charge in [0.2, 0.25) is 11.8 Å². The molecule has 0 aliphatic carbocycles. The third-order valence-electron chi connectivity index (χ3n) is 6.30. The second kappa shape index (κ2) is 9.96. The van der Waals surface area contributed by atoms with Gasteiger partial charge in [-0.2, -0.15) is 0 Å². The first kappa shape index (κ1) is 21.4. The molecule has 0 radical (unpaired) electrons. The first-order chi connectivity index (χ1) is 15.1. The van der Waals surface area contributed by atoms with E-state index < -0.39 is 0 Å². The van der Waals surface area contributed by atoms with Crippen LogP contribution in [0.2, 0.25) is 0 Å². The van der Waals surface area contributed by atoms with E-state index in [-0.39, 0.29) is 23.8 Å². The molecule has 2 aliphatic heterocycles. The van der Waals surface area contributed by atoms with Crippen LogP contribution in [0.5, 0.6) is 5.75 Å². The Morgan fingerprint density at radius 2 is 1.68 bits per heavy atom. The molecule has 2 aliphatic rings. The van der Waals surface area contributed by atoms with Gasteiger partial charge in [-0.15, -0.1) is 0 Å². The summed E-state index contributed by atoms with van der Waals surface area (Å²) in [5.74, 6) is 0.609. The molecule has 4 rings (SSSR count). The van der Waals surface area contributed by atoms with Gasteiger partial charge in [0.25, 0.3) is 0 Å².